The normalized spacial score (nSPS) is 18.6. The zero-order valence-electron chi connectivity index (χ0n) is 19.0. The molecule has 0 saturated carbocycles. The van der Waals surface area contributed by atoms with Gasteiger partial charge in [-0.25, -0.2) is 13.2 Å². The Balaban J connectivity index is 1.47. The van der Waals surface area contributed by atoms with Crippen LogP contribution in [-0.4, -0.2) is 68.3 Å². The van der Waals surface area contributed by atoms with Crippen LogP contribution in [0.5, 0.6) is 5.75 Å². The number of fused-ring (bicyclic) bond motifs is 1. The first-order chi connectivity index (χ1) is 16.3. The van der Waals surface area contributed by atoms with E-state index >= 15 is 0 Å². The third-order valence-electron chi connectivity index (χ3n) is 6.15. The minimum Gasteiger partial charge on any atom is -0.495 e. The van der Waals surface area contributed by atoms with Crippen molar-refractivity contribution in [3.63, 3.8) is 0 Å². The van der Waals surface area contributed by atoms with Gasteiger partial charge in [0.25, 0.3) is 11.8 Å². The van der Waals surface area contributed by atoms with Gasteiger partial charge in [0.05, 0.1) is 30.3 Å². The van der Waals surface area contributed by atoms with Crippen LogP contribution in [0, 0.1) is 0 Å². The fraction of sp³-hybridized carbons (Fsp3) is 0.375. The van der Waals surface area contributed by atoms with Gasteiger partial charge >= 0.3 is 5.97 Å². The Morgan fingerprint density at radius 3 is 2.35 bits per heavy atom. The molecule has 2 aliphatic heterocycles. The van der Waals surface area contributed by atoms with Crippen LogP contribution in [0.1, 0.15) is 57.3 Å². The van der Waals surface area contributed by atoms with Crippen LogP contribution in [0.4, 0.5) is 0 Å². The number of hydrogen-bond donors (Lipinski definition) is 0. The summed E-state index contributed by atoms with van der Waals surface area (Å²) in [6, 6.07) is 10.4. The predicted molar refractivity (Wildman–Crippen MR) is 122 cm³/mol. The van der Waals surface area contributed by atoms with Gasteiger partial charge in [0.1, 0.15) is 17.3 Å². The molecule has 0 bridgehead atoms. The van der Waals surface area contributed by atoms with Crippen LogP contribution in [-0.2, 0) is 14.8 Å². The van der Waals surface area contributed by atoms with Crippen molar-refractivity contribution in [3.8, 4) is 5.75 Å². The van der Waals surface area contributed by atoms with Gasteiger partial charge < -0.3 is 9.47 Å². The van der Waals surface area contributed by atoms with E-state index in [2.05, 4.69) is 0 Å². The highest BCUT2D eigenvalue weighted by molar-refractivity contribution is 7.89. The first-order valence-corrected chi connectivity index (χ1v) is 12.5. The Bertz CT molecular complexity index is 1210. The third kappa shape index (κ3) is 4.30. The highest BCUT2D eigenvalue weighted by Gasteiger charge is 2.36. The molecule has 2 aromatic carbocycles. The topological polar surface area (TPSA) is 110 Å². The van der Waals surface area contributed by atoms with Gasteiger partial charge in [-0.05, 0) is 50.1 Å². The molecule has 1 saturated heterocycles. The van der Waals surface area contributed by atoms with Gasteiger partial charge in [-0.1, -0.05) is 18.6 Å². The van der Waals surface area contributed by atoms with Crippen LogP contribution >= 0.6 is 0 Å². The van der Waals surface area contributed by atoms with Crippen molar-refractivity contribution in [2.24, 2.45) is 0 Å². The number of carbonyl (C=O) groups is 3. The van der Waals surface area contributed by atoms with E-state index in [1.807, 2.05) is 6.92 Å². The monoisotopic (exact) mass is 486 g/mol. The molecule has 0 aliphatic carbocycles. The minimum atomic E-state index is -3.89. The molecule has 10 heteroatoms. The summed E-state index contributed by atoms with van der Waals surface area (Å²) >= 11 is 0. The lowest BCUT2D eigenvalue weighted by Gasteiger charge is -2.32. The summed E-state index contributed by atoms with van der Waals surface area (Å²) in [6.07, 6.45) is 2.50. The molecule has 1 fully saturated rings. The van der Waals surface area contributed by atoms with Crippen LogP contribution in [0.2, 0.25) is 0 Å². The van der Waals surface area contributed by atoms with E-state index in [-0.39, 0.29) is 35.4 Å². The highest BCUT2D eigenvalue weighted by atomic mass is 32.2. The minimum absolute atomic E-state index is 0.0337. The Hall–Kier alpha value is -3.24. The Morgan fingerprint density at radius 2 is 1.74 bits per heavy atom. The van der Waals surface area contributed by atoms with Crippen molar-refractivity contribution >= 4 is 27.8 Å². The number of imide groups is 1. The summed E-state index contributed by atoms with van der Waals surface area (Å²) in [5, 5.41) is 0. The molecule has 9 nitrogen and oxygen atoms in total. The van der Waals surface area contributed by atoms with E-state index in [0.29, 0.717) is 17.7 Å². The van der Waals surface area contributed by atoms with Crippen LogP contribution < -0.4 is 4.74 Å². The highest BCUT2D eigenvalue weighted by Crippen LogP contribution is 2.32. The largest absolute Gasteiger partial charge is 0.495 e. The van der Waals surface area contributed by atoms with E-state index in [0.717, 1.165) is 24.2 Å². The number of methoxy groups -OCH3 is 1. The number of benzene rings is 2. The molecule has 0 spiro atoms. The number of sulfonamides is 1. The Labute approximate surface area is 198 Å². The molecule has 4 rings (SSSR count). The molecule has 34 heavy (non-hydrogen) atoms. The first-order valence-electron chi connectivity index (χ1n) is 11.1. The van der Waals surface area contributed by atoms with Crippen molar-refractivity contribution in [1.29, 1.82) is 0 Å². The van der Waals surface area contributed by atoms with E-state index in [1.54, 1.807) is 24.3 Å². The molecule has 1 atom stereocenters. The van der Waals surface area contributed by atoms with Crippen LogP contribution in [0.3, 0.4) is 0 Å². The molecule has 2 aliphatic rings. The van der Waals surface area contributed by atoms with E-state index in [9.17, 15) is 22.8 Å². The second kappa shape index (κ2) is 9.55. The third-order valence-corrected chi connectivity index (χ3v) is 8.19. The number of esters is 1. The van der Waals surface area contributed by atoms with Gasteiger partial charge in [0, 0.05) is 12.6 Å². The van der Waals surface area contributed by atoms with Crippen LogP contribution in [0.15, 0.2) is 47.4 Å². The SMILES string of the molecule is COc1ccc(C(=O)OCCN2C(=O)c3ccccc3C2=O)cc1S(=O)(=O)N1CCCC[C@H]1C. The van der Waals surface area contributed by atoms with E-state index in [4.69, 9.17) is 9.47 Å². The maximum Gasteiger partial charge on any atom is 0.338 e. The summed E-state index contributed by atoms with van der Waals surface area (Å²) in [4.78, 5) is 38.5. The molecule has 2 heterocycles. The predicted octanol–water partition coefficient (Wildman–Crippen LogP) is 2.71. The number of nitrogens with zero attached hydrogens (tertiary/aromatic N) is 2. The summed E-state index contributed by atoms with van der Waals surface area (Å²) in [6.45, 7) is 1.94. The van der Waals surface area contributed by atoms with Gasteiger partial charge in [0.2, 0.25) is 10.0 Å². The number of carbonyl (C=O) groups excluding carboxylic acids is 3. The molecular weight excluding hydrogens is 460 g/mol. The number of hydrogen-bond acceptors (Lipinski definition) is 7. The van der Waals surface area contributed by atoms with Crippen molar-refractivity contribution in [2.75, 3.05) is 26.8 Å². The fourth-order valence-corrected chi connectivity index (χ4v) is 6.20. The van der Waals surface area contributed by atoms with Crippen molar-refractivity contribution in [2.45, 2.75) is 37.1 Å². The Morgan fingerprint density at radius 1 is 1.06 bits per heavy atom. The van der Waals surface area contributed by atoms with Crippen molar-refractivity contribution in [3.05, 3.63) is 59.2 Å². The maximum atomic E-state index is 13.3. The lowest BCUT2D eigenvalue weighted by Crippen LogP contribution is -2.42. The van der Waals surface area contributed by atoms with E-state index < -0.39 is 27.8 Å². The second-order valence-corrected chi connectivity index (χ2v) is 10.1. The second-order valence-electron chi connectivity index (χ2n) is 8.27. The fourth-order valence-electron chi connectivity index (χ4n) is 4.32. The Kier molecular flexibility index (Phi) is 6.72. The summed E-state index contributed by atoms with van der Waals surface area (Å²) in [7, 11) is -2.52. The summed E-state index contributed by atoms with van der Waals surface area (Å²) in [5.41, 5.74) is 0.665. The van der Waals surface area contributed by atoms with Gasteiger partial charge in [-0.2, -0.15) is 4.31 Å². The first kappa shape index (κ1) is 23.9. The molecule has 0 aromatic heterocycles. The number of piperidine rings is 1. The lowest BCUT2D eigenvalue weighted by molar-refractivity contribution is 0.0420. The molecule has 2 aromatic rings. The number of amides is 2. The molecule has 0 radical (unpaired) electrons. The number of rotatable bonds is 7. The average molecular weight is 487 g/mol. The lowest BCUT2D eigenvalue weighted by atomic mass is 10.1. The van der Waals surface area contributed by atoms with Crippen LogP contribution in [0.25, 0.3) is 0 Å². The van der Waals surface area contributed by atoms with Crippen molar-refractivity contribution < 1.29 is 32.3 Å². The zero-order chi connectivity index (χ0) is 24.5. The van der Waals surface area contributed by atoms with Gasteiger partial charge in [-0.3, -0.25) is 14.5 Å². The maximum absolute atomic E-state index is 13.3. The average Bonchev–Trinajstić information content (AvgIpc) is 3.08. The molecule has 0 unspecified atom stereocenters. The summed E-state index contributed by atoms with van der Waals surface area (Å²) in [5.74, 6) is -1.50. The van der Waals surface area contributed by atoms with Crippen molar-refractivity contribution in [1.82, 2.24) is 9.21 Å². The molecule has 180 valence electrons. The van der Waals surface area contributed by atoms with Gasteiger partial charge in [0.15, 0.2) is 0 Å². The van der Waals surface area contributed by atoms with Gasteiger partial charge in [-0.15, -0.1) is 0 Å². The zero-order valence-corrected chi connectivity index (χ0v) is 19.8. The van der Waals surface area contributed by atoms with E-state index in [1.165, 1.54) is 29.6 Å². The molecule has 2 amide bonds. The molecular formula is C24H26N2O7S. The molecule has 0 N–H and O–H groups in total. The quantitative estimate of drug-likeness (QED) is 0.437. The standard InChI is InChI=1S/C24H26N2O7S/c1-16-7-5-6-12-26(16)34(30,31)21-15-17(10-11-20(21)32-2)24(29)33-14-13-25-22(27)18-8-3-4-9-19(18)23(25)28/h3-4,8-11,15-16H,5-7,12-14H2,1-2H3/t16-/m1/s1. The smallest absolute Gasteiger partial charge is 0.338 e. The number of ether oxygens (including phenoxy) is 2. The summed E-state index contributed by atoms with van der Waals surface area (Å²) < 4.78 is 38.6.